The van der Waals surface area contributed by atoms with Crippen molar-refractivity contribution in [3.63, 3.8) is 0 Å². The zero-order valence-corrected chi connectivity index (χ0v) is 7.36. The van der Waals surface area contributed by atoms with Crippen molar-refractivity contribution < 1.29 is 22.3 Å². The SMILES string of the molecule is Fc1cc(Cl)cnc1OCC(F)(F)F. The van der Waals surface area contributed by atoms with Crippen molar-refractivity contribution >= 4 is 11.6 Å². The number of pyridine rings is 1. The molecule has 0 aliphatic rings. The fourth-order valence-corrected chi connectivity index (χ4v) is 0.803. The highest BCUT2D eigenvalue weighted by atomic mass is 35.5. The van der Waals surface area contributed by atoms with Crippen LogP contribution in [0.5, 0.6) is 5.88 Å². The summed E-state index contributed by atoms with van der Waals surface area (Å²) in [5.41, 5.74) is 0. The van der Waals surface area contributed by atoms with E-state index in [2.05, 4.69) is 9.72 Å². The van der Waals surface area contributed by atoms with Gasteiger partial charge in [-0.1, -0.05) is 11.6 Å². The predicted molar refractivity (Wildman–Crippen MR) is 40.8 cm³/mol. The predicted octanol–water partition coefficient (Wildman–Crippen LogP) is 2.82. The average molecular weight is 230 g/mol. The third kappa shape index (κ3) is 3.37. The Morgan fingerprint density at radius 2 is 2.07 bits per heavy atom. The number of halogens is 5. The number of aromatic nitrogens is 1. The van der Waals surface area contributed by atoms with E-state index in [0.717, 1.165) is 12.3 Å². The molecule has 1 heterocycles. The molecule has 0 atom stereocenters. The van der Waals surface area contributed by atoms with Gasteiger partial charge < -0.3 is 4.74 Å². The van der Waals surface area contributed by atoms with Gasteiger partial charge in [-0.25, -0.2) is 9.37 Å². The first-order chi connectivity index (χ1) is 6.38. The summed E-state index contributed by atoms with van der Waals surface area (Å²) in [6, 6.07) is 0.820. The maximum Gasteiger partial charge on any atom is 0.422 e. The summed E-state index contributed by atoms with van der Waals surface area (Å²) in [6.45, 7) is -1.58. The zero-order valence-electron chi connectivity index (χ0n) is 6.61. The minimum Gasteiger partial charge on any atom is -0.466 e. The van der Waals surface area contributed by atoms with E-state index in [1.807, 2.05) is 0 Å². The van der Waals surface area contributed by atoms with E-state index in [1.54, 1.807) is 0 Å². The molecule has 0 radical (unpaired) electrons. The van der Waals surface area contributed by atoms with Crippen LogP contribution in [0.15, 0.2) is 12.3 Å². The highest BCUT2D eigenvalue weighted by molar-refractivity contribution is 6.30. The van der Waals surface area contributed by atoms with Crippen LogP contribution in [-0.4, -0.2) is 17.8 Å². The Morgan fingerprint density at radius 1 is 1.43 bits per heavy atom. The van der Waals surface area contributed by atoms with Crippen LogP contribution in [0.4, 0.5) is 17.6 Å². The Hall–Kier alpha value is -1.04. The van der Waals surface area contributed by atoms with Crippen LogP contribution in [0.3, 0.4) is 0 Å². The number of alkyl halides is 3. The molecule has 0 unspecified atom stereocenters. The maximum atomic E-state index is 12.8. The largest absolute Gasteiger partial charge is 0.466 e. The van der Waals surface area contributed by atoms with Gasteiger partial charge in [0.05, 0.1) is 5.02 Å². The van der Waals surface area contributed by atoms with Crippen LogP contribution in [0, 0.1) is 5.82 Å². The molecule has 7 heteroatoms. The standard InChI is InChI=1S/C7H4ClF4NO/c8-4-1-5(9)6(13-2-4)14-3-7(10,11)12/h1-2H,3H2. The molecule has 1 rings (SSSR count). The number of hydrogen-bond donors (Lipinski definition) is 0. The number of nitrogens with zero attached hydrogens (tertiary/aromatic N) is 1. The van der Waals surface area contributed by atoms with E-state index < -0.39 is 24.5 Å². The Labute approximate surface area is 81.5 Å². The van der Waals surface area contributed by atoms with E-state index in [1.165, 1.54) is 0 Å². The van der Waals surface area contributed by atoms with Gasteiger partial charge in [-0.05, 0) is 6.07 Å². The average Bonchev–Trinajstić information content (AvgIpc) is 2.00. The molecule has 0 aromatic carbocycles. The van der Waals surface area contributed by atoms with Gasteiger partial charge in [-0.2, -0.15) is 13.2 Å². The summed E-state index contributed by atoms with van der Waals surface area (Å²) in [4.78, 5) is 3.25. The van der Waals surface area contributed by atoms with Gasteiger partial charge in [0.25, 0.3) is 5.88 Å². The fourth-order valence-electron chi connectivity index (χ4n) is 0.658. The number of ether oxygens (including phenoxy) is 1. The molecular weight excluding hydrogens is 226 g/mol. The molecule has 0 amide bonds. The highest BCUT2D eigenvalue weighted by Gasteiger charge is 2.29. The summed E-state index contributed by atoms with van der Waals surface area (Å²) in [7, 11) is 0. The molecule has 1 aromatic heterocycles. The van der Waals surface area contributed by atoms with Gasteiger partial charge in [0, 0.05) is 6.20 Å². The summed E-state index contributed by atoms with van der Waals surface area (Å²) < 4.78 is 51.8. The molecule has 2 nitrogen and oxygen atoms in total. The van der Waals surface area contributed by atoms with Gasteiger partial charge in [-0.15, -0.1) is 0 Å². The fraction of sp³-hybridized carbons (Fsp3) is 0.286. The van der Waals surface area contributed by atoms with Gasteiger partial charge in [0.2, 0.25) is 0 Å². The molecule has 0 spiro atoms. The van der Waals surface area contributed by atoms with Crippen LogP contribution in [0.1, 0.15) is 0 Å². The third-order valence-corrected chi connectivity index (χ3v) is 1.35. The van der Waals surface area contributed by atoms with E-state index in [-0.39, 0.29) is 5.02 Å². The first-order valence-electron chi connectivity index (χ1n) is 3.39. The smallest absolute Gasteiger partial charge is 0.422 e. The van der Waals surface area contributed by atoms with Crippen LogP contribution >= 0.6 is 11.6 Å². The molecule has 0 bridgehead atoms. The van der Waals surface area contributed by atoms with Crippen LogP contribution in [-0.2, 0) is 0 Å². The summed E-state index contributed by atoms with van der Waals surface area (Å²) >= 11 is 5.33. The third-order valence-electron chi connectivity index (χ3n) is 1.15. The molecule has 1 aromatic rings. The van der Waals surface area contributed by atoms with Crippen LogP contribution in [0.2, 0.25) is 5.02 Å². The Kier molecular flexibility index (Phi) is 3.15. The lowest BCUT2D eigenvalue weighted by Crippen LogP contribution is -2.20. The molecule has 0 aliphatic carbocycles. The monoisotopic (exact) mass is 229 g/mol. The van der Waals surface area contributed by atoms with Gasteiger partial charge >= 0.3 is 6.18 Å². The Morgan fingerprint density at radius 3 is 2.57 bits per heavy atom. The first-order valence-corrected chi connectivity index (χ1v) is 3.77. The molecule has 0 N–H and O–H groups in total. The molecule has 78 valence electrons. The highest BCUT2D eigenvalue weighted by Crippen LogP contribution is 2.20. The minimum atomic E-state index is -4.52. The lowest BCUT2D eigenvalue weighted by molar-refractivity contribution is -0.154. The van der Waals surface area contributed by atoms with Gasteiger partial charge in [-0.3, -0.25) is 0 Å². The zero-order chi connectivity index (χ0) is 10.8. The van der Waals surface area contributed by atoms with Crippen molar-refractivity contribution in [3.05, 3.63) is 23.1 Å². The summed E-state index contributed by atoms with van der Waals surface area (Å²) in [5, 5.41) is -0.0122. The molecule has 0 saturated heterocycles. The Balaban J connectivity index is 2.68. The normalized spacial score (nSPS) is 11.5. The van der Waals surface area contributed by atoms with Crippen LogP contribution < -0.4 is 4.74 Å². The first kappa shape index (κ1) is 11.0. The molecule has 14 heavy (non-hydrogen) atoms. The van der Waals surface area contributed by atoms with Gasteiger partial charge in [0.1, 0.15) is 0 Å². The van der Waals surface area contributed by atoms with E-state index in [9.17, 15) is 17.6 Å². The lowest BCUT2D eigenvalue weighted by atomic mass is 10.4. The quantitative estimate of drug-likeness (QED) is 0.728. The van der Waals surface area contributed by atoms with Crippen molar-refractivity contribution in [3.8, 4) is 5.88 Å². The van der Waals surface area contributed by atoms with Crippen LogP contribution in [0.25, 0.3) is 0 Å². The molecule has 0 fully saturated rings. The van der Waals surface area contributed by atoms with Crippen molar-refractivity contribution in [2.75, 3.05) is 6.61 Å². The van der Waals surface area contributed by atoms with E-state index in [0.29, 0.717) is 0 Å². The molecular formula is C7H4ClF4NO. The Bertz CT molecular complexity index is 328. The van der Waals surface area contributed by atoms with Crippen molar-refractivity contribution in [2.24, 2.45) is 0 Å². The number of hydrogen-bond acceptors (Lipinski definition) is 2. The summed E-state index contributed by atoms with van der Waals surface area (Å²) in [5.74, 6) is -1.74. The second kappa shape index (κ2) is 4.00. The van der Waals surface area contributed by atoms with Gasteiger partial charge in [0.15, 0.2) is 12.4 Å². The van der Waals surface area contributed by atoms with E-state index in [4.69, 9.17) is 11.6 Å². The van der Waals surface area contributed by atoms with Crippen molar-refractivity contribution in [2.45, 2.75) is 6.18 Å². The van der Waals surface area contributed by atoms with Crippen molar-refractivity contribution in [1.82, 2.24) is 4.98 Å². The molecule has 0 saturated carbocycles. The maximum absolute atomic E-state index is 12.8. The summed E-state index contributed by atoms with van der Waals surface area (Å²) in [6.07, 6.45) is -3.52. The second-order valence-corrected chi connectivity index (χ2v) is 2.78. The number of rotatable bonds is 2. The minimum absolute atomic E-state index is 0.0122. The lowest BCUT2D eigenvalue weighted by Gasteiger charge is -2.08. The van der Waals surface area contributed by atoms with E-state index >= 15 is 0 Å². The second-order valence-electron chi connectivity index (χ2n) is 2.34. The van der Waals surface area contributed by atoms with Crippen molar-refractivity contribution in [1.29, 1.82) is 0 Å². The topological polar surface area (TPSA) is 22.1 Å². The molecule has 0 aliphatic heterocycles.